The Labute approximate surface area is 110 Å². The van der Waals surface area contributed by atoms with Crippen molar-refractivity contribution in [1.82, 2.24) is 4.42 Å². The Morgan fingerprint density at radius 3 is 2.06 bits per heavy atom. The number of halogens is 1. The zero-order chi connectivity index (χ0) is 13.5. The fourth-order valence-electron chi connectivity index (χ4n) is 1.56. The third kappa shape index (κ3) is 10.0. The van der Waals surface area contributed by atoms with Crippen molar-refractivity contribution in [2.75, 3.05) is 13.2 Å². The third-order valence-corrected chi connectivity index (χ3v) is 4.43. The molecule has 0 fully saturated rings. The van der Waals surface area contributed by atoms with Gasteiger partial charge in [-0.05, 0) is 38.5 Å². The molecule has 0 bridgehead atoms. The zero-order valence-electron chi connectivity index (χ0n) is 11.0. The normalized spacial score (nSPS) is 13.4. The molecule has 0 unspecified atom stereocenters. The van der Waals surface area contributed by atoms with E-state index in [2.05, 4.69) is 13.8 Å². The van der Waals surface area contributed by atoms with Crippen molar-refractivity contribution in [1.29, 1.82) is 0 Å². The summed E-state index contributed by atoms with van der Waals surface area (Å²) in [5, 5.41) is 0. The van der Waals surface area contributed by atoms with Crippen molar-refractivity contribution >= 4 is 19.4 Å². The predicted molar refractivity (Wildman–Crippen MR) is 72.3 cm³/mol. The smallest absolute Gasteiger partial charge is 0.324 e. The first-order valence-corrected chi connectivity index (χ1v) is 8.23. The largest absolute Gasteiger partial charge is 0.325 e. The lowest BCUT2D eigenvalue weighted by Gasteiger charge is -2.29. The molecule has 0 rings (SSSR count). The first-order chi connectivity index (χ1) is 7.65. The molecule has 0 radical (unpaired) electrons. The molecule has 0 aliphatic heterocycles. The highest BCUT2D eigenvalue weighted by molar-refractivity contribution is 7.51. The van der Waals surface area contributed by atoms with Crippen molar-refractivity contribution in [2.24, 2.45) is 0 Å². The van der Waals surface area contributed by atoms with Crippen molar-refractivity contribution in [2.45, 2.75) is 57.9 Å². The monoisotopic (exact) mass is 285 g/mol. The molecule has 4 nitrogen and oxygen atoms in total. The average molecular weight is 286 g/mol. The van der Waals surface area contributed by atoms with Gasteiger partial charge in [0, 0.05) is 18.7 Å². The fourth-order valence-corrected chi connectivity index (χ4v) is 2.28. The molecule has 17 heavy (non-hydrogen) atoms. The summed E-state index contributed by atoms with van der Waals surface area (Å²) in [5.74, 6) is 0. The minimum atomic E-state index is -3.79. The Hall–Kier alpha value is 0.400. The van der Waals surface area contributed by atoms with Crippen LogP contribution in [0, 0.1) is 0 Å². The standard InChI is InChI=1S/C11H25ClNO3P/c1-11(2,13(3)12)9-7-5-4-6-8-10-17(14,15)16/h4-10H2,1-3H3,(H2,14,15,16). The summed E-state index contributed by atoms with van der Waals surface area (Å²) in [7, 11) is -1.92. The van der Waals surface area contributed by atoms with Crippen LogP contribution < -0.4 is 0 Å². The second-order valence-corrected chi connectivity index (χ2v) is 7.48. The van der Waals surface area contributed by atoms with Crippen LogP contribution in [0.25, 0.3) is 0 Å². The first-order valence-electron chi connectivity index (χ1n) is 6.09. The van der Waals surface area contributed by atoms with Gasteiger partial charge in [0.25, 0.3) is 0 Å². The average Bonchev–Trinajstić information content (AvgIpc) is 2.14. The van der Waals surface area contributed by atoms with Crippen molar-refractivity contribution in [3.05, 3.63) is 0 Å². The first kappa shape index (κ1) is 17.4. The second kappa shape index (κ2) is 7.75. The SMILES string of the molecule is CN(Cl)C(C)(C)CCCCCCCP(=O)(O)O. The molecule has 0 aromatic heterocycles. The van der Waals surface area contributed by atoms with Gasteiger partial charge in [0.15, 0.2) is 0 Å². The fraction of sp³-hybridized carbons (Fsp3) is 1.00. The summed E-state index contributed by atoms with van der Waals surface area (Å²) in [6.07, 6.45) is 5.77. The Kier molecular flexibility index (Phi) is 7.93. The highest BCUT2D eigenvalue weighted by Crippen LogP contribution is 2.35. The van der Waals surface area contributed by atoms with Crippen LogP contribution >= 0.6 is 19.4 Å². The number of unbranched alkanes of at least 4 members (excludes halogenated alkanes) is 4. The van der Waals surface area contributed by atoms with Crippen molar-refractivity contribution < 1.29 is 14.4 Å². The van der Waals surface area contributed by atoms with Gasteiger partial charge in [-0.15, -0.1) is 0 Å². The quantitative estimate of drug-likeness (QED) is 0.387. The Morgan fingerprint density at radius 2 is 1.59 bits per heavy atom. The molecule has 0 spiro atoms. The van der Waals surface area contributed by atoms with E-state index < -0.39 is 7.60 Å². The van der Waals surface area contributed by atoms with Gasteiger partial charge < -0.3 is 9.79 Å². The number of hydrogen-bond donors (Lipinski definition) is 2. The summed E-state index contributed by atoms with van der Waals surface area (Å²) in [6.45, 7) is 4.21. The lowest BCUT2D eigenvalue weighted by atomic mass is 9.96. The minimum absolute atomic E-state index is 0.00740. The van der Waals surface area contributed by atoms with Gasteiger partial charge >= 0.3 is 7.60 Å². The predicted octanol–water partition coefficient (Wildman–Crippen LogP) is 3.37. The number of rotatable bonds is 9. The molecule has 0 aromatic carbocycles. The van der Waals surface area contributed by atoms with Crippen LogP contribution in [0.5, 0.6) is 0 Å². The van der Waals surface area contributed by atoms with E-state index in [1.807, 2.05) is 7.05 Å². The summed E-state index contributed by atoms with van der Waals surface area (Å²) in [6, 6.07) is 0. The Morgan fingerprint density at radius 1 is 1.12 bits per heavy atom. The van der Waals surface area contributed by atoms with Gasteiger partial charge in [-0.2, -0.15) is 0 Å². The van der Waals surface area contributed by atoms with Crippen molar-refractivity contribution in [3.63, 3.8) is 0 Å². The van der Waals surface area contributed by atoms with Gasteiger partial charge in [-0.25, -0.2) is 4.42 Å². The zero-order valence-corrected chi connectivity index (χ0v) is 12.7. The summed E-state index contributed by atoms with van der Waals surface area (Å²) < 4.78 is 12.3. The summed E-state index contributed by atoms with van der Waals surface area (Å²) in [4.78, 5) is 17.4. The highest BCUT2D eigenvalue weighted by atomic mass is 35.5. The van der Waals surface area contributed by atoms with E-state index in [1.54, 1.807) is 4.42 Å². The maximum absolute atomic E-state index is 10.6. The van der Waals surface area contributed by atoms with E-state index in [-0.39, 0.29) is 11.7 Å². The molecule has 2 N–H and O–H groups in total. The molecule has 0 saturated heterocycles. The van der Waals surface area contributed by atoms with Gasteiger partial charge in [0.05, 0.1) is 0 Å². The molecule has 0 aliphatic carbocycles. The van der Waals surface area contributed by atoms with Crippen LogP contribution in [0.2, 0.25) is 0 Å². The van der Waals surface area contributed by atoms with E-state index in [4.69, 9.17) is 21.6 Å². The lowest BCUT2D eigenvalue weighted by molar-refractivity contribution is 0.250. The molecular formula is C11H25ClNO3P. The second-order valence-electron chi connectivity index (χ2n) is 5.20. The van der Waals surface area contributed by atoms with Crippen LogP contribution in [0.4, 0.5) is 0 Å². The Balaban J connectivity index is 3.45. The molecule has 0 amide bonds. The number of hydrogen-bond acceptors (Lipinski definition) is 2. The van der Waals surface area contributed by atoms with Gasteiger partial charge in [0.2, 0.25) is 0 Å². The van der Waals surface area contributed by atoms with Crippen LogP contribution in [-0.4, -0.2) is 33.0 Å². The van der Waals surface area contributed by atoms with E-state index in [1.165, 1.54) is 0 Å². The van der Waals surface area contributed by atoms with Gasteiger partial charge in [-0.3, -0.25) is 4.57 Å². The van der Waals surface area contributed by atoms with E-state index in [0.29, 0.717) is 6.42 Å². The summed E-state index contributed by atoms with van der Waals surface area (Å²) in [5.41, 5.74) is 0.00740. The van der Waals surface area contributed by atoms with Crippen LogP contribution in [-0.2, 0) is 4.57 Å². The molecular weight excluding hydrogens is 261 g/mol. The molecule has 0 heterocycles. The molecule has 104 valence electrons. The third-order valence-electron chi connectivity index (χ3n) is 3.07. The van der Waals surface area contributed by atoms with E-state index in [0.717, 1.165) is 32.1 Å². The maximum Gasteiger partial charge on any atom is 0.325 e. The Bertz CT molecular complexity index is 253. The maximum atomic E-state index is 10.6. The summed E-state index contributed by atoms with van der Waals surface area (Å²) >= 11 is 5.93. The lowest BCUT2D eigenvalue weighted by Crippen LogP contribution is -2.34. The topological polar surface area (TPSA) is 60.8 Å². The molecule has 0 saturated carbocycles. The molecule has 0 aliphatic rings. The van der Waals surface area contributed by atoms with E-state index >= 15 is 0 Å². The van der Waals surface area contributed by atoms with E-state index in [9.17, 15) is 4.57 Å². The highest BCUT2D eigenvalue weighted by Gasteiger charge is 2.21. The van der Waals surface area contributed by atoms with Gasteiger partial charge in [-0.1, -0.05) is 25.7 Å². The van der Waals surface area contributed by atoms with Gasteiger partial charge in [0.1, 0.15) is 0 Å². The molecule has 6 heteroatoms. The van der Waals surface area contributed by atoms with Crippen LogP contribution in [0.15, 0.2) is 0 Å². The molecule has 0 aromatic rings. The molecule has 0 atom stereocenters. The number of nitrogens with zero attached hydrogens (tertiary/aromatic N) is 1. The van der Waals surface area contributed by atoms with Crippen molar-refractivity contribution in [3.8, 4) is 0 Å². The van der Waals surface area contributed by atoms with Crippen LogP contribution in [0.1, 0.15) is 52.4 Å². The van der Waals surface area contributed by atoms with Crippen LogP contribution in [0.3, 0.4) is 0 Å². The minimum Gasteiger partial charge on any atom is -0.324 e.